The Kier molecular flexibility index (Phi) is 8.67. The van der Waals surface area contributed by atoms with E-state index in [-0.39, 0.29) is 0 Å². The van der Waals surface area contributed by atoms with Crippen LogP contribution in [-0.4, -0.2) is 36.8 Å². The number of rotatable bonds is 3. The van der Waals surface area contributed by atoms with E-state index >= 15 is 0 Å². The molecule has 0 radical (unpaired) electrons. The third-order valence-electron chi connectivity index (χ3n) is 3.14. The van der Waals surface area contributed by atoms with E-state index in [4.69, 9.17) is 0 Å². The molecule has 0 heterocycles. The summed E-state index contributed by atoms with van der Waals surface area (Å²) in [5.74, 6) is 11.8. The average Bonchev–Trinajstić information content (AvgIpc) is 2.45. The molecule has 2 unspecified atom stereocenters. The molecule has 2 N–H and O–H groups in total. The summed E-state index contributed by atoms with van der Waals surface area (Å²) in [7, 11) is -1.58. The Labute approximate surface area is 116 Å². The molecule has 3 nitrogen and oxygen atoms in total. The third kappa shape index (κ3) is 6.84. The lowest BCUT2D eigenvalue weighted by Gasteiger charge is -2.20. The monoisotopic (exact) mass is 276 g/mol. The molecule has 0 aromatic heterocycles. The Morgan fingerprint density at radius 2 is 1.42 bits per heavy atom. The SMILES string of the molecule is CC[Si](C#CC(O)C#CC(O)C#CC=O)(CC)CC. The van der Waals surface area contributed by atoms with Gasteiger partial charge in [0.1, 0.15) is 8.07 Å². The van der Waals surface area contributed by atoms with Gasteiger partial charge in [0.25, 0.3) is 0 Å². The summed E-state index contributed by atoms with van der Waals surface area (Å²) < 4.78 is 0. The van der Waals surface area contributed by atoms with E-state index < -0.39 is 20.3 Å². The van der Waals surface area contributed by atoms with E-state index in [0.29, 0.717) is 6.29 Å². The number of hydrogen-bond acceptors (Lipinski definition) is 3. The molecular weight excluding hydrogens is 256 g/mol. The molecule has 0 aliphatic heterocycles. The van der Waals surface area contributed by atoms with Crippen molar-refractivity contribution in [3.63, 3.8) is 0 Å². The lowest BCUT2D eigenvalue weighted by Crippen LogP contribution is -2.29. The Morgan fingerprint density at radius 1 is 0.947 bits per heavy atom. The molecule has 102 valence electrons. The van der Waals surface area contributed by atoms with Crippen LogP contribution in [0.15, 0.2) is 0 Å². The second-order valence-corrected chi connectivity index (χ2v) is 9.04. The van der Waals surface area contributed by atoms with Crippen LogP contribution in [0.4, 0.5) is 0 Å². The molecule has 0 aromatic carbocycles. The average molecular weight is 276 g/mol. The van der Waals surface area contributed by atoms with Gasteiger partial charge in [0.05, 0.1) is 0 Å². The fourth-order valence-electron chi connectivity index (χ4n) is 1.58. The Hall–Kier alpha value is -1.51. The number of aliphatic hydroxyl groups is 2. The van der Waals surface area contributed by atoms with Crippen LogP contribution in [0.25, 0.3) is 0 Å². The van der Waals surface area contributed by atoms with Gasteiger partial charge in [0.15, 0.2) is 18.5 Å². The normalized spacial score (nSPS) is 12.7. The highest BCUT2D eigenvalue weighted by Crippen LogP contribution is 2.18. The molecule has 4 heteroatoms. The first kappa shape index (κ1) is 17.5. The second-order valence-electron chi connectivity index (χ2n) is 4.11. The van der Waals surface area contributed by atoms with E-state index in [1.165, 1.54) is 0 Å². The fourth-order valence-corrected chi connectivity index (χ4v) is 4.05. The van der Waals surface area contributed by atoms with E-state index in [9.17, 15) is 15.0 Å². The first-order valence-electron chi connectivity index (χ1n) is 6.38. The standard InChI is InChI=1S/C15H20O3Si/c1-4-19(5-2,6-3)13-11-15(18)10-9-14(17)8-7-12-16/h12,14-15,17-18H,4-6H2,1-3H3. The summed E-state index contributed by atoms with van der Waals surface area (Å²) in [6.07, 6.45) is -1.93. The van der Waals surface area contributed by atoms with E-state index in [2.05, 4.69) is 55.9 Å². The minimum Gasteiger partial charge on any atom is -0.369 e. The number of hydrogen-bond donors (Lipinski definition) is 2. The molecule has 0 saturated carbocycles. The zero-order chi connectivity index (χ0) is 14.7. The van der Waals surface area contributed by atoms with Crippen LogP contribution < -0.4 is 0 Å². The molecule has 0 saturated heterocycles. The van der Waals surface area contributed by atoms with Crippen LogP contribution in [0.1, 0.15) is 20.8 Å². The van der Waals surface area contributed by atoms with Crippen molar-refractivity contribution in [2.45, 2.75) is 51.1 Å². The van der Waals surface area contributed by atoms with Gasteiger partial charge in [-0.25, -0.2) is 0 Å². The summed E-state index contributed by atoms with van der Waals surface area (Å²) >= 11 is 0. The van der Waals surface area contributed by atoms with Gasteiger partial charge in [-0.15, -0.1) is 5.54 Å². The molecule has 0 aliphatic carbocycles. The van der Waals surface area contributed by atoms with Gasteiger partial charge in [0, 0.05) is 0 Å². The molecule has 0 amide bonds. The van der Waals surface area contributed by atoms with Crippen LogP contribution in [0, 0.1) is 35.1 Å². The molecule has 0 rings (SSSR count). The summed E-state index contributed by atoms with van der Waals surface area (Å²) in [5.41, 5.74) is 3.21. The Morgan fingerprint density at radius 3 is 1.84 bits per heavy atom. The van der Waals surface area contributed by atoms with Crippen LogP contribution in [0.2, 0.25) is 18.1 Å². The van der Waals surface area contributed by atoms with Crippen molar-refractivity contribution >= 4 is 14.4 Å². The van der Waals surface area contributed by atoms with Crippen molar-refractivity contribution in [1.29, 1.82) is 0 Å². The molecule has 0 aromatic rings. The molecule has 2 atom stereocenters. The van der Waals surface area contributed by atoms with Gasteiger partial charge in [-0.1, -0.05) is 44.5 Å². The Bertz CT molecular complexity index is 453. The quantitative estimate of drug-likeness (QED) is 0.459. The molecule has 0 aliphatic rings. The largest absolute Gasteiger partial charge is 0.369 e. The first-order valence-corrected chi connectivity index (χ1v) is 9.00. The van der Waals surface area contributed by atoms with Crippen molar-refractivity contribution in [2.24, 2.45) is 0 Å². The van der Waals surface area contributed by atoms with Crippen LogP contribution in [0.3, 0.4) is 0 Å². The summed E-state index contributed by atoms with van der Waals surface area (Å²) in [6.45, 7) is 6.39. The molecule has 0 bridgehead atoms. The highest BCUT2D eigenvalue weighted by atomic mass is 28.3. The van der Waals surface area contributed by atoms with E-state index in [0.717, 1.165) is 18.1 Å². The number of carbonyl (C=O) groups excluding carboxylic acids is 1. The molecular formula is C15H20O3Si. The van der Waals surface area contributed by atoms with Crippen LogP contribution >= 0.6 is 0 Å². The van der Waals surface area contributed by atoms with Gasteiger partial charge >= 0.3 is 0 Å². The van der Waals surface area contributed by atoms with Crippen molar-refractivity contribution in [1.82, 2.24) is 0 Å². The third-order valence-corrected chi connectivity index (χ3v) is 7.88. The van der Waals surface area contributed by atoms with Gasteiger partial charge in [-0.05, 0) is 24.1 Å². The first-order chi connectivity index (χ1) is 9.03. The summed E-state index contributed by atoms with van der Waals surface area (Å²) in [5, 5.41) is 18.9. The van der Waals surface area contributed by atoms with Crippen LogP contribution in [0.5, 0.6) is 0 Å². The zero-order valence-electron chi connectivity index (χ0n) is 11.7. The number of aliphatic hydroxyl groups excluding tert-OH is 2. The second kappa shape index (κ2) is 9.42. The predicted octanol–water partition coefficient (Wildman–Crippen LogP) is 0.965. The van der Waals surface area contributed by atoms with Crippen molar-refractivity contribution in [3.8, 4) is 35.1 Å². The smallest absolute Gasteiger partial charge is 0.192 e. The maximum Gasteiger partial charge on any atom is 0.192 e. The molecule has 0 spiro atoms. The highest BCUT2D eigenvalue weighted by molar-refractivity contribution is 6.87. The molecule has 19 heavy (non-hydrogen) atoms. The maximum absolute atomic E-state index is 9.96. The van der Waals surface area contributed by atoms with Gasteiger partial charge in [-0.2, -0.15) is 0 Å². The Balaban J connectivity index is 4.76. The van der Waals surface area contributed by atoms with E-state index in [1.54, 1.807) is 0 Å². The minimum atomic E-state index is -1.58. The molecule has 0 fully saturated rings. The number of aldehydes is 1. The topological polar surface area (TPSA) is 57.5 Å². The van der Waals surface area contributed by atoms with Crippen molar-refractivity contribution in [3.05, 3.63) is 0 Å². The zero-order valence-corrected chi connectivity index (χ0v) is 12.7. The van der Waals surface area contributed by atoms with Crippen LogP contribution in [-0.2, 0) is 4.79 Å². The predicted molar refractivity (Wildman–Crippen MR) is 78.6 cm³/mol. The summed E-state index contributed by atoms with van der Waals surface area (Å²) in [4.78, 5) is 9.96. The maximum atomic E-state index is 9.96. The van der Waals surface area contributed by atoms with Crippen molar-refractivity contribution < 1.29 is 15.0 Å². The van der Waals surface area contributed by atoms with Gasteiger partial charge in [0.2, 0.25) is 0 Å². The number of carbonyl (C=O) groups is 1. The van der Waals surface area contributed by atoms with Gasteiger partial charge in [-0.3, -0.25) is 4.79 Å². The van der Waals surface area contributed by atoms with E-state index in [1.807, 2.05) is 0 Å². The summed E-state index contributed by atoms with van der Waals surface area (Å²) in [6, 6.07) is 3.17. The van der Waals surface area contributed by atoms with Gasteiger partial charge < -0.3 is 10.2 Å². The highest BCUT2D eigenvalue weighted by Gasteiger charge is 2.24. The lowest BCUT2D eigenvalue weighted by atomic mass is 10.3. The fraction of sp³-hybridized carbons (Fsp3) is 0.533. The minimum absolute atomic E-state index is 0.380. The lowest BCUT2D eigenvalue weighted by molar-refractivity contribution is -0.103. The van der Waals surface area contributed by atoms with Crippen molar-refractivity contribution in [2.75, 3.05) is 0 Å².